The first kappa shape index (κ1) is 12.4. The summed E-state index contributed by atoms with van der Waals surface area (Å²) < 4.78 is 0.998. The van der Waals surface area contributed by atoms with Crippen LogP contribution < -0.4 is 0 Å². The van der Waals surface area contributed by atoms with Crippen molar-refractivity contribution in [2.45, 2.75) is 52.0 Å². The topological polar surface area (TPSA) is 46.4 Å². The molecule has 0 saturated heterocycles. The molecule has 2 atom stereocenters. The van der Waals surface area contributed by atoms with E-state index < -0.39 is 5.54 Å². The lowest BCUT2D eigenvalue weighted by molar-refractivity contribution is -0.575. The zero-order valence-electron chi connectivity index (χ0n) is 11.0. The van der Waals surface area contributed by atoms with Crippen LogP contribution in [0.15, 0.2) is 0 Å². The lowest BCUT2D eigenvalue weighted by Gasteiger charge is -2.46. The maximum absolute atomic E-state index is 12.4. The molecule has 2 aliphatic rings. The molecule has 1 amide bonds. The van der Waals surface area contributed by atoms with Crippen molar-refractivity contribution in [2.24, 2.45) is 5.92 Å². The normalized spacial score (nSPS) is 31.8. The van der Waals surface area contributed by atoms with Crippen molar-refractivity contribution in [2.75, 3.05) is 13.1 Å². The monoisotopic (exact) mass is 238 g/mol. The molecule has 1 fully saturated rings. The Hall–Kier alpha value is -1.06. The van der Waals surface area contributed by atoms with Crippen molar-refractivity contribution >= 4 is 11.6 Å². The number of hydrogen-bond acceptors (Lipinski definition) is 2. The number of nitrogens with zero attached hydrogens (tertiary/aromatic N) is 2. The van der Waals surface area contributed by atoms with Crippen molar-refractivity contribution in [1.82, 2.24) is 4.90 Å². The summed E-state index contributed by atoms with van der Waals surface area (Å²) in [4.78, 5) is 14.2. The number of fused-ring (bicyclic) bond motifs is 1. The molecule has 1 heterocycles. The molecule has 4 heteroatoms. The van der Waals surface area contributed by atoms with Crippen molar-refractivity contribution < 1.29 is 9.53 Å². The summed E-state index contributed by atoms with van der Waals surface area (Å²) in [5, 5.41) is 12.1. The number of likely N-dealkylation sites (N-methyl/N-ethyl adjacent to an activating group) is 1. The fourth-order valence-electron chi connectivity index (χ4n) is 3.28. The molecule has 0 aromatic rings. The Morgan fingerprint density at radius 1 is 1.47 bits per heavy atom. The largest absolute Gasteiger partial charge is 0.623 e. The second-order valence-electron chi connectivity index (χ2n) is 5.21. The molecule has 1 saturated carbocycles. The van der Waals surface area contributed by atoms with E-state index in [1.165, 1.54) is 0 Å². The van der Waals surface area contributed by atoms with E-state index in [0.717, 1.165) is 36.1 Å². The van der Waals surface area contributed by atoms with E-state index in [2.05, 4.69) is 0 Å². The minimum Gasteiger partial charge on any atom is -0.623 e. The maximum Gasteiger partial charge on any atom is 0.296 e. The van der Waals surface area contributed by atoms with Crippen LogP contribution in [0.4, 0.5) is 0 Å². The van der Waals surface area contributed by atoms with Gasteiger partial charge in [0.25, 0.3) is 11.4 Å². The Morgan fingerprint density at radius 2 is 2.12 bits per heavy atom. The van der Waals surface area contributed by atoms with Crippen molar-refractivity contribution in [3.8, 4) is 0 Å². The highest BCUT2D eigenvalue weighted by Crippen LogP contribution is 2.41. The molecule has 0 aromatic heterocycles. The van der Waals surface area contributed by atoms with Gasteiger partial charge in [0.2, 0.25) is 0 Å². The molecule has 0 aromatic carbocycles. The highest BCUT2D eigenvalue weighted by atomic mass is 16.5. The van der Waals surface area contributed by atoms with Crippen LogP contribution in [0, 0.1) is 11.1 Å². The summed E-state index contributed by atoms with van der Waals surface area (Å²) in [5.74, 6) is 0.204. The lowest BCUT2D eigenvalue weighted by Crippen LogP contribution is -2.68. The van der Waals surface area contributed by atoms with Crippen LogP contribution in [0.1, 0.15) is 46.5 Å². The summed E-state index contributed by atoms with van der Waals surface area (Å²) in [6.45, 7) is 7.11. The first-order valence-corrected chi connectivity index (χ1v) is 6.69. The average molecular weight is 238 g/mol. The molecule has 0 N–H and O–H groups in total. The highest BCUT2D eigenvalue weighted by molar-refractivity contribution is 5.99. The molecular weight excluding hydrogens is 216 g/mol. The van der Waals surface area contributed by atoms with Crippen LogP contribution in [0.3, 0.4) is 0 Å². The third kappa shape index (κ3) is 1.57. The molecule has 1 aliphatic heterocycles. The van der Waals surface area contributed by atoms with Crippen LogP contribution in [0.5, 0.6) is 0 Å². The van der Waals surface area contributed by atoms with E-state index in [9.17, 15) is 10.0 Å². The van der Waals surface area contributed by atoms with Crippen LogP contribution in [-0.4, -0.2) is 39.9 Å². The fraction of sp³-hybridized carbons (Fsp3) is 0.846. The first-order chi connectivity index (χ1) is 8.07. The van der Waals surface area contributed by atoms with E-state index in [0.29, 0.717) is 13.1 Å². The summed E-state index contributed by atoms with van der Waals surface area (Å²) in [6, 6.07) is 0. The van der Waals surface area contributed by atoms with Crippen LogP contribution in [-0.2, 0) is 4.79 Å². The quantitative estimate of drug-likeness (QED) is 0.555. The molecular formula is C13H22N2O2. The van der Waals surface area contributed by atoms with Gasteiger partial charge in [0, 0.05) is 26.4 Å². The van der Waals surface area contributed by atoms with Crippen LogP contribution >= 0.6 is 0 Å². The van der Waals surface area contributed by atoms with Crippen molar-refractivity contribution in [3.05, 3.63) is 5.21 Å². The van der Waals surface area contributed by atoms with Gasteiger partial charge in [0.15, 0.2) is 5.71 Å². The molecule has 96 valence electrons. The highest BCUT2D eigenvalue weighted by Gasteiger charge is 2.63. The van der Waals surface area contributed by atoms with E-state index in [-0.39, 0.29) is 11.8 Å². The van der Waals surface area contributed by atoms with Gasteiger partial charge in [0.05, 0.1) is 0 Å². The van der Waals surface area contributed by atoms with Gasteiger partial charge in [-0.3, -0.25) is 4.79 Å². The maximum atomic E-state index is 12.4. The Labute approximate surface area is 103 Å². The van der Waals surface area contributed by atoms with Gasteiger partial charge in [-0.1, -0.05) is 6.42 Å². The summed E-state index contributed by atoms with van der Waals surface area (Å²) in [5.41, 5.74) is 0.140. The molecule has 17 heavy (non-hydrogen) atoms. The van der Waals surface area contributed by atoms with Gasteiger partial charge in [-0.05, 0) is 26.7 Å². The standard InChI is InChI=1S/C13H22N2O2/c1-4-14(5-2)12(16)13(3)10-8-6-7-9-11(10)15(13)17/h10H,4-9H2,1-3H3/t10-,13-/m0/s1. The number of rotatable bonds is 3. The average Bonchev–Trinajstić information content (AvgIpc) is 2.38. The Kier molecular flexibility index (Phi) is 3.15. The van der Waals surface area contributed by atoms with Crippen molar-refractivity contribution in [1.29, 1.82) is 0 Å². The minimum atomic E-state index is -0.818. The molecule has 4 nitrogen and oxygen atoms in total. The second-order valence-corrected chi connectivity index (χ2v) is 5.21. The van der Waals surface area contributed by atoms with Crippen molar-refractivity contribution in [3.63, 3.8) is 0 Å². The lowest BCUT2D eigenvalue weighted by atomic mass is 9.68. The third-order valence-corrected chi connectivity index (χ3v) is 4.42. The zero-order valence-corrected chi connectivity index (χ0v) is 11.0. The first-order valence-electron chi connectivity index (χ1n) is 6.69. The Balaban J connectivity index is 2.26. The van der Waals surface area contributed by atoms with Gasteiger partial charge in [-0.2, -0.15) is 4.74 Å². The number of amides is 1. The number of hydrogen-bond donors (Lipinski definition) is 0. The fourth-order valence-corrected chi connectivity index (χ4v) is 3.28. The van der Waals surface area contributed by atoms with E-state index in [4.69, 9.17) is 0 Å². The van der Waals surface area contributed by atoms with Gasteiger partial charge >= 0.3 is 0 Å². The summed E-state index contributed by atoms with van der Waals surface area (Å²) in [6.07, 6.45) is 4.12. The Bertz CT molecular complexity index is 360. The molecule has 2 rings (SSSR count). The Morgan fingerprint density at radius 3 is 2.71 bits per heavy atom. The molecule has 0 radical (unpaired) electrons. The molecule has 0 unspecified atom stereocenters. The molecule has 0 spiro atoms. The minimum absolute atomic E-state index is 0.00755. The second kappa shape index (κ2) is 4.31. The van der Waals surface area contributed by atoms with Crippen LogP contribution in [0.25, 0.3) is 0 Å². The van der Waals surface area contributed by atoms with Gasteiger partial charge in [-0.15, -0.1) is 0 Å². The third-order valence-electron chi connectivity index (χ3n) is 4.42. The predicted octanol–water partition coefficient (Wildman–Crippen LogP) is 1.77. The molecule has 0 bridgehead atoms. The summed E-state index contributed by atoms with van der Waals surface area (Å²) >= 11 is 0. The van der Waals surface area contributed by atoms with E-state index in [1.54, 1.807) is 4.90 Å². The van der Waals surface area contributed by atoms with E-state index in [1.807, 2.05) is 20.8 Å². The number of carbonyl (C=O) groups is 1. The SMILES string of the molecule is CCN(CC)C(=O)[C@]1(C)[C@H]2CCCCC2=[N+]1[O-]. The van der Waals surface area contributed by atoms with Gasteiger partial charge < -0.3 is 10.1 Å². The predicted molar refractivity (Wildman–Crippen MR) is 66.9 cm³/mol. The summed E-state index contributed by atoms with van der Waals surface area (Å²) in [7, 11) is 0. The number of carbonyl (C=O) groups excluding carboxylic acids is 1. The smallest absolute Gasteiger partial charge is 0.296 e. The zero-order chi connectivity index (χ0) is 12.6. The van der Waals surface area contributed by atoms with Crippen LogP contribution in [0.2, 0.25) is 0 Å². The van der Waals surface area contributed by atoms with E-state index >= 15 is 0 Å². The number of hydroxylamine groups is 1. The van der Waals surface area contributed by atoms with Gasteiger partial charge in [0.1, 0.15) is 5.92 Å². The molecule has 1 aliphatic carbocycles. The van der Waals surface area contributed by atoms with Gasteiger partial charge in [-0.25, -0.2) is 0 Å².